The summed E-state index contributed by atoms with van der Waals surface area (Å²) in [7, 11) is 0. The highest BCUT2D eigenvalue weighted by Gasteiger charge is 2.48. The number of hydrogen-bond acceptors (Lipinski definition) is 8. The second-order valence-electron chi connectivity index (χ2n) is 10.6. The van der Waals surface area contributed by atoms with E-state index in [1.807, 2.05) is 24.3 Å². The lowest BCUT2D eigenvalue weighted by molar-refractivity contribution is -0.179. The summed E-state index contributed by atoms with van der Waals surface area (Å²) >= 11 is 1.17. The number of rotatable bonds is 8. The van der Waals surface area contributed by atoms with Gasteiger partial charge in [0.25, 0.3) is 0 Å². The molecule has 210 valence electrons. The van der Waals surface area contributed by atoms with Crippen LogP contribution >= 0.6 is 11.8 Å². The van der Waals surface area contributed by atoms with Crippen molar-refractivity contribution in [1.29, 1.82) is 0 Å². The summed E-state index contributed by atoms with van der Waals surface area (Å²) in [5.41, 5.74) is -0.297. The molecule has 2 fully saturated rings. The lowest BCUT2D eigenvalue weighted by Crippen LogP contribution is -2.55. The monoisotopic (exact) mass is 565 g/mol. The van der Waals surface area contributed by atoms with E-state index in [4.69, 9.17) is 4.74 Å². The summed E-state index contributed by atoms with van der Waals surface area (Å²) < 4.78 is 48.0. The van der Waals surface area contributed by atoms with E-state index in [0.29, 0.717) is 5.92 Å². The van der Waals surface area contributed by atoms with E-state index in [1.54, 1.807) is 13.8 Å². The zero-order chi connectivity index (χ0) is 28.1. The Hall–Kier alpha value is -2.48. The van der Waals surface area contributed by atoms with Crippen LogP contribution in [0.2, 0.25) is 0 Å². The van der Waals surface area contributed by atoms with Gasteiger partial charge >= 0.3 is 0 Å². The Kier molecular flexibility index (Phi) is 7.79. The van der Waals surface area contributed by atoms with E-state index in [-0.39, 0.29) is 11.3 Å². The third-order valence-electron chi connectivity index (χ3n) is 7.15. The molecule has 2 aromatic carbocycles. The van der Waals surface area contributed by atoms with Crippen LogP contribution in [0.1, 0.15) is 55.0 Å². The highest BCUT2D eigenvalue weighted by Crippen LogP contribution is 2.50. The second-order valence-corrected chi connectivity index (χ2v) is 11.8. The Morgan fingerprint density at radius 3 is 2.38 bits per heavy atom. The van der Waals surface area contributed by atoms with Crippen molar-refractivity contribution >= 4 is 11.8 Å². The van der Waals surface area contributed by atoms with Crippen LogP contribution < -0.4 is 0 Å². The normalized spacial score (nSPS) is 26.5. The van der Waals surface area contributed by atoms with Gasteiger partial charge in [-0.15, -0.1) is 16.9 Å². The number of benzene rings is 2. The molecule has 6 atom stereocenters. The maximum Gasteiger partial charge on any atom is 0.194 e. The van der Waals surface area contributed by atoms with Gasteiger partial charge in [-0.05, 0) is 55.9 Å². The fourth-order valence-corrected chi connectivity index (χ4v) is 6.51. The largest absolute Gasteiger partial charge is 0.394 e. The molecule has 1 unspecified atom stereocenters. The van der Waals surface area contributed by atoms with Crippen LogP contribution in [0, 0.1) is 17.5 Å². The Morgan fingerprint density at radius 1 is 1.10 bits per heavy atom. The number of nitrogens with zero attached hydrogens (tertiary/aromatic N) is 3. The lowest BCUT2D eigenvalue weighted by atomic mass is 9.92. The summed E-state index contributed by atoms with van der Waals surface area (Å²) in [6.45, 7) is 2.78. The maximum atomic E-state index is 13.8. The number of aromatic nitrogens is 3. The predicted octanol–water partition coefficient (Wildman–Crippen LogP) is 3.47. The van der Waals surface area contributed by atoms with E-state index in [9.17, 15) is 33.6 Å². The summed E-state index contributed by atoms with van der Waals surface area (Å²) in [6, 6.07) is 8.19. The van der Waals surface area contributed by atoms with Crippen LogP contribution in [0.4, 0.5) is 13.2 Å². The first-order valence-electron chi connectivity index (χ1n) is 12.7. The Morgan fingerprint density at radius 2 is 1.77 bits per heavy atom. The smallest absolute Gasteiger partial charge is 0.194 e. The molecule has 0 bridgehead atoms. The fraction of sp³-hybridized carbons (Fsp3) is 0.481. The SMILES string of the molecule is CC(C)(O)C(S[C@@H]1O[C@H](CO)[C@H](O)[C@H](n2cc(-c3cc(F)c(F)c(F)c3)nn2)[C@H]1O)c1ccccc1C1CC1. The van der Waals surface area contributed by atoms with Crippen molar-refractivity contribution in [2.24, 2.45) is 0 Å². The number of aliphatic hydroxyl groups excluding tert-OH is 3. The van der Waals surface area contributed by atoms with Gasteiger partial charge in [-0.2, -0.15) is 0 Å². The van der Waals surface area contributed by atoms with Crippen molar-refractivity contribution in [1.82, 2.24) is 15.0 Å². The van der Waals surface area contributed by atoms with Crippen molar-refractivity contribution in [2.45, 2.75) is 73.2 Å². The first-order chi connectivity index (χ1) is 18.5. The standard InChI is InChI=1S/C27H30F3N3O5S/c1-27(2,37)25(16-6-4-3-5-15(16)13-7-8-13)39-26-24(36)22(23(35)20(12-34)38-26)33-11-19(31-32-33)14-9-17(28)21(30)18(29)10-14/h3-6,9-11,13,20,22-26,34-37H,7-8,12H2,1-2H3/t20-,22+,23+,24-,25?,26+/m1/s1. The molecule has 1 aromatic heterocycles. The van der Waals surface area contributed by atoms with Crippen LogP contribution in [0.3, 0.4) is 0 Å². The Labute approximate surface area is 227 Å². The summed E-state index contributed by atoms with van der Waals surface area (Å²) in [4.78, 5) is 0. The van der Waals surface area contributed by atoms with E-state index in [1.165, 1.54) is 18.0 Å². The molecule has 3 aromatic rings. The van der Waals surface area contributed by atoms with Crippen molar-refractivity contribution in [3.8, 4) is 11.3 Å². The molecule has 0 amide bonds. The molecule has 12 heteroatoms. The van der Waals surface area contributed by atoms with E-state index < -0.39 is 64.7 Å². The number of ether oxygens (including phenoxy) is 1. The molecule has 1 saturated carbocycles. The van der Waals surface area contributed by atoms with Gasteiger partial charge in [0.15, 0.2) is 17.5 Å². The van der Waals surface area contributed by atoms with E-state index in [2.05, 4.69) is 10.3 Å². The summed E-state index contributed by atoms with van der Waals surface area (Å²) in [5.74, 6) is -4.01. The van der Waals surface area contributed by atoms with Crippen molar-refractivity contribution in [3.63, 3.8) is 0 Å². The third kappa shape index (κ3) is 5.59. The second kappa shape index (κ2) is 10.8. The number of hydrogen-bond donors (Lipinski definition) is 4. The summed E-state index contributed by atoms with van der Waals surface area (Å²) in [6.07, 6.45) is -0.536. The summed E-state index contributed by atoms with van der Waals surface area (Å²) in [5, 5.41) is 50.8. The van der Waals surface area contributed by atoms with Gasteiger partial charge in [0.05, 0.1) is 23.7 Å². The van der Waals surface area contributed by atoms with Gasteiger partial charge in [-0.3, -0.25) is 0 Å². The lowest BCUT2D eigenvalue weighted by Gasteiger charge is -2.44. The first-order valence-corrected chi connectivity index (χ1v) is 13.6. The minimum absolute atomic E-state index is 0.0174. The van der Waals surface area contributed by atoms with Crippen LogP contribution in [0.15, 0.2) is 42.6 Å². The molecule has 0 spiro atoms. The van der Waals surface area contributed by atoms with Crippen molar-refractivity contribution in [2.75, 3.05) is 6.61 Å². The van der Waals surface area contributed by atoms with Gasteiger partial charge < -0.3 is 25.2 Å². The highest BCUT2D eigenvalue weighted by molar-refractivity contribution is 8.00. The average molecular weight is 566 g/mol. The van der Waals surface area contributed by atoms with Gasteiger partial charge in [0.1, 0.15) is 35.5 Å². The molecule has 2 heterocycles. The molecular formula is C27H30F3N3O5S. The highest BCUT2D eigenvalue weighted by atomic mass is 32.2. The molecule has 1 aliphatic heterocycles. The minimum Gasteiger partial charge on any atom is -0.394 e. The van der Waals surface area contributed by atoms with Crippen LogP contribution in [0.5, 0.6) is 0 Å². The molecule has 8 nitrogen and oxygen atoms in total. The van der Waals surface area contributed by atoms with Gasteiger partial charge in [-0.1, -0.05) is 29.5 Å². The van der Waals surface area contributed by atoms with E-state index in [0.717, 1.165) is 40.8 Å². The number of halogens is 3. The first kappa shape index (κ1) is 28.1. The third-order valence-corrected chi connectivity index (χ3v) is 8.91. The van der Waals surface area contributed by atoms with Gasteiger partial charge in [0, 0.05) is 5.56 Å². The molecule has 1 saturated heterocycles. The molecular weight excluding hydrogens is 535 g/mol. The Balaban J connectivity index is 1.46. The van der Waals surface area contributed by atoms with Crippen LogP contribution in [0.25, 0.3) is 11.3 Å². The average Bonchev–Trinajstić information content (AvgIpc) is 3.63. The van der Waals surface area contributed by atoms with Gasteiger partial charge in [0.2, 0.25) is 0 Å². The van der Waals surface area contributed by atoms with Crippen molar-refractivity contribution < 1.29 is 38.3 Å². The zero-order valence-corrected chi connectivity index (χ0v) is 22.1. The quantitative estimate of drug-likeness (QED) is 0.307. The molecule has 39 heavy (non-hydrogen) atoms. The minimum atomic E-state index is -1.61. The molecule has 0 radical (unpaired) electrons. The van der Waals surface area contributed by atoms with Crippen LogP contribution in [-0.4, -0.2) is 71.4 Å². The fourth-order valence-electron chi connectivity index (χ4n) is 5.02. The van der Waals surface area contributed by atoms with E-state index >= 15 is 0 Å². The van der Waals surface area contributed by atoms with Crippen LogP contribution in [-0.2, 0) is 4.74 Å². The molecule has 2 aliphatic rings. The predicted molar refractivity (Wildman–Crippen MR) is 137 cm³/mol. The number of thioether (sulfide) groups is 1. The zero-order valence-electron chi connectivity index (χ0n) is 21.3. The topological polar surface area (TPSA) is 121 Å². The molecule has 4 N–H and O–H groups in total. The number of aliphatic hydroxyl groups is 4. The molecule has 5 rings (SSSR count). The maximum absolute atomic E-state index is 13.8. The molecule has 1 aliphatic carbocycles. The van der Waals surface area contributed by atoms with Gasteiger partial charge in [-0.25, -0.2) is 17.9 Å². The van der Waals surface area contributed by atoms with Crippen molar-refractivity contribution in [3.05, 3.63) is 71.2 Å². The Bertz CT molecular complexity index is 1310.